The van der Waals surface area contributed by atoms with Crippen LogP contribution in [0.15, 0.2) is 41.8 Å². The summed E-state index contributed by atoms with van der Waals surface area (Å²) in [6.07, 6.45) is 0. The number of carbonyl (C=O) groups excluding carboxylic acids is 3. The lowest BCUT2D eigenvalue weighted by atomic mass is 10.2. The molecule has 1 amide bonds. The highest BCUT2D eigenvalue weighted by molar-refractivity contribution is 7.16. The smallest absolute Gasteiger partial charge is 0.355 e. The molecule has 1 aromatic carbocycles. The minimum atomic E-state index is -0.507. The first-order valence-corrected chi connectivity index (χ1v) is 9.73. The lowest BCUT2D eigenvalue weighted by Gasteiger charge is -2.12. The van der Waals surface area contributed by atoms with E-state index >= 15 is 0 Å². The van der Waals surface area contributed by atoms with E-state index in [9.17, 15) is 14.4 Å². The van der Waals surface area contributed by atoms with Crippen molar-refractivity contribution in [1.82, 2.24) is 4.57 Å². The Bertz CT molecular complexity index is 1020. The second-order valence-electron chi connectivity index (χ2n) is 5.83. The molecule has 3 rings (SSSR count). The molecule has 0 unspecified atom stereocenters. The summed E-state index contributed by atoms with van der Waals surface area (Å²) in [6.45, 7) is 3.84. The number of fused-ring (bicyclic) bond motifs is 1. The van der Waals surface area contributed by atoms with Crippen molar-refractivity contribution in [3.05, 3.63) is 53.0 Å². The highest BCUT2D eigenvalue weighted by Crippen LogP contribution is 2.26. The number of para-hydroxylation sites is 1. The van der Waals surface area contributed by atoms with E-state index in [1.807, 2.05) is 11.4 Å². The molecular weight excluding hydrogens is 380 g/mol. The van der Waals surface area contributed by atoms with Crippen molar-refractivity contribution in [1.29, 1.82) is 0 Å². The third kappa shape index (κ3) is 4.07. The molecule has 0 aliphatic carbocycles. The number of benzene rings is 1. The molecule has 0 spiro atoms. The average Bonchev–Trinajstić information content (AvgIpc) is 3.25. The summed E-state index contributed by atoms with van der Waals surface area (Å²) in [5.41, 5.74) is 0.952. The van der Waals surface area contributed by atoms with Crippen molar-refractivity contribution >= 4 is 45.1 Å². The average molecular weight is 400 g/mol. The van der Waals surface area contributed by atoms with Gasteiger partial charge in [-0.25, -0.2) is 9.59 Å². The summed E-state index contributed by atoms with van der Waals surface area (Å²) in [6, 6.07) is 10.2. The Morgan fingerprint density at radius 3 is 2.50 bits per heavy atom. The van der Waals surface area contributed by atoms with Crippen LogP contribution in [0, 0.1) is 0 Å². The van der Waals surface area contributed by atoms with Gasteiger partial charge < -0.3 is 19.4 Å². The highest BCUT2D eigenvalue weighted by Gasteiger charge is 2.20. The molecule has 0 radical (unpaired) electrons. The predicted molar refractivity (Wildman–Crippen MR) is 107 cm³/mol. The minimum Gasteiger partial charge on any atom is -0.462 e. The molecule has 0 saturated heterocycles. The molecule has 0 aliphatic rings. The quantitative estimate of drug-likeness (QED) is 0.611. The number of rotatable bonds is 7. The summed E-state index contributed by atoms with van der Waals surface area (Å²) in [4.78, 5) is 37.8. The second-order valence-corrected chi connectivity index (χ2v) is 6.73. The van der Waals surface area contributed by atoms with Gasteiger partial charge in [-0.3, -0.25) is 4.79 Å². The van der Waals surface area contributed by atoms with Crippen molar-refractivity contribution in [3.63, 3.8) is 0 Å². The van der Waals surface area contributed by atoms with Crippen LogP contribution in [0.4, 0.5) is 5.69 Å². The van der Waals surface area contributed by atoms with Crippen LogP contribution >= 0.6 is 11.3 Å². The van der Waals surface area contributed by atoms with E-state index < -0.39 is 11.9 Å². The van der Waals surface area contributed by atoms with Crippen LogP contribution in [0.2, 0.25) is 0 Å². The minimum absolute atomic E-state index is 0.0880. The highest BCUT2D eigenvalue weighted by atomic mass is 32.1. The number of thiophene rings is 1. The van der Waals surface area contributed by atoms with Crippen molar-refractivity contribution < 1.29 is 23.9 Å². The van der Waals surface area contributed by atoms with Crippen LogP contribution in [0.3, 0.4) is 0 Å². The zero-order chi connectivity index (χ0) is 20.1. The van der Waals surface area contributed by atoms with Crippen LogP contribution in [0.5, 0.6) is 0 Å². The number of ether oxygens (including phenoxy) is 2. The zero-order valence-corrected chi connectivity index (χ0v) is 16.4. The maximum Gasteiger partial charge on any atom is 0.355 e. The second kappa shape index (κ2) is 8.71. The van der Waals surface area contributed by atoms with E-state index in [0.717, 1.165) is 10.2 Å². The number of hydrogen-bond acceptors (Lipinski definition) is 6. The van der Waals surface area contributed by atoms with Gasteiger partial charge in [-0.05, 0) is 43.5 Å². The summed E-state index contributed by atoms with van der Waals surface area (Å²) in [5.74, 6) is -1.36. The molecule has 1 N–H and O–H groups in total. The van der Waals surface area contributed by atoms with E-state index in [1.54, 1.807) is 48.7 Å². The van der Waals surface area contributed by atoms with Crippen molar-refractivity contribution in [2.75, 3.05) is 18.5 Å². The van der Waals surface area contributed by atoms with Crippen LogP contribution in [0.1, 0.15) is 34.7 Å². The number of anilines is 1. The molecule has 0 aliphatic heterocycles. The molecule has 0 bridgehead atoms. The number of nitrogens with one attached hydrogen (secondary N) is 1. The Labute approximate surface area is 165 Å². The Hall–Kier alpha value is -3.13. The fraction of sp³-hybridized carbons (Fsp3) is 0.250. The van der Waals surface area contributed by atoms with E-state index in [0.29, 0.717) is 11.4 Å². The van der Waals surface area contributed by atoms with Gasteiger partial charge in [-0.1, -0.05) is 12.1 Å². The SMILES string of the molecule is CCOC(=O)c1ccccc1NC(=O)Cn1c(C(=O)OCC)cc2ccsc21. The molecule has 0 fully saturated rings. The zero-order valence-electron chi connectivity index (χ0n) is 15.6. The number of hydrogen-bond donors (Lipinski definition) is 1. The van der Waals surface area contributed by atoms with E-state index in [2.05, 4.69) is 5.32 Å². The standard InChI is InChI=1S/C20H20N2O5S/c1-3-26-19(24)14-7-5-6-8-15(14)21-17(23)12-22-16(20(25)27-4-2)11-13-9-10-28-18(13)22/h5-11H,3-4,12H2,1-2H3,(H,21,23). The van der Waals surface area contributed by atoms with Gasteiger partial charge in [-0.2, -0.15) is 0 Å². The Balaban J connectivity index is 1.85. The Morgan fingerprint density at radius 1 is 1.04 bits per heavy atom. The number of nitrogens with zero attached hydrogens (tertiary/aromatic N) is 1. The van der Waals surface area contributed by atoms with Gasteiger partial charge in [0.25, 0.3) is 0 Å². The van der Waals surface area contributed by atoms with Crippen LogP contribution in [-0.4, -0.2) is 35.6 Å². The first kappa shape index (κ1) is 19.6. The molecular formula is C20H20N2O5S. The molecule has 28 heavy (non-hydrogen) atoms. The maximum atomic E-state index is 12.7. The molecule has 146 valence electrons. The van der Waals surface area contributed by atoms with Crippen LogP contribution in [-0.2, 0) is 20.8 Å². The van der Waals surface area contributed by atoms with Gasteiger partial charge in [0.15, 0.2) is 0 Å². The van der Waals surface area contributed by atoms with Crippen molar-refractivity contribution in [2.24, 2.45) is 0 Å². The largest absolute Gasteiger partial charge is 0.462 e. The Morgan fingerprint density at radius 2 is 1.75 bits per heavy atom. The maximum absolute atomic E-state index is 12.7. The fourth-order valence-electron chi connectivity index (χ4n) is 2.82. The first-order valence-electron chi connectivity index (χ1n) is 8.85. The molecule has 3 aromatic rings. The molecule has 2 heterocycles. The van der Waals surface area contributed by atoms with Gasteiger partial charge in [0, 0.05) is 5.39 Å². The number of amides is 1. The molecule has 7 nitrogen and oxygen atoms in total. The van der Waals surface area contributed by atoms with Gasteiger partial charge in [0.2, 0.25) is 5.91 Å². The Kier molecular flexibility index (Phi) is 6.10. The molecule has 0 atom stereocenters. The topological polar surface area (TPSA) is 86.6 Å². The summed E-state index contributed by atoms with van der Waals surface area (Å²) < 4.78 is 11.7. The van der Waals surface area contributed by atoms with E-state index in [-0.39, 0.29) is 31.2 Å². The third-order valence-corrected chi connectivity index (χ3v) is 4.94. The van der Waals surface area contributed by atoms with Gasteiger partial charge in [0.05, 0.1) is 24.5 Å². The van der Waals surface area contributed by atoms with Crippen molar-refractivity contribution in [3.8, 4) is 0 Å². The molecule has 0 saturated carbocycles. The van der Waals surface area contributed by atoms with E-state index in [1.165, 1.54) is 11.3 Å². The summed E-state index contributed by atoms with van der Waals surface area (Å²) >= 11 is 1.43. The lowest BCUT2D eigenvalue weighted by Crippen LogP contribution is -2.23. The van der Waals surface area contributed by atoms with Crippen LogP contribution < -0.4 is 5.32 Å². The summed E-state index contributed by atoms with van der Waals surface area (Å²) in [5, 5.41) is 5.50. The number of aromatic nitrogens is 1. The van der Waals surface area contributed by atoms with Crippen LogP contribution in [0.25, 0.3) is 10.2 Å². The number of carbonyl (C=O) groups is 3. The summed E-state index contributed by atoms with van der Waals surface area (Å²) in [7, 11) is 0. The monoisotopic (exact) mass is 400 g/mol. The lowest BCUT2D eigenvalue weighted by molar-refractivity contribution is -0.116. The molecule has 2 aromatic heterocycles. The van der Waals surface area contributed by atoms with Gasteiger partial charge >= 0.3 is 11.9 Å². The van der Waals surface area contributed by atoms with E-state index in [4.69, 9.17) is 9.47 Å². The van der Waals surface area contributed by atoms with Gasteiger partial charge in [-0.15, -0.1) is 11.3 Å². The number of esters is 2. The molecule has 8 heteroatoms. The first-order chi connectivity index (χ1) is 13.5. The predicted octanol–water partition coefficient (Wildman–Crippen LogP) is 3.69. The fourth-order valence-corrected chi connectivity index (χ4v) is 3.72. The normalized spacial score (nSPS) is 10.6. The van der Waals surface area contributed by atoms with Gasteiger partial charge in [0.1, 0.15) is 17.1 Å². The third-order valence-electron chi connectivity index (χ3n) is 3.99. The van der Waals surface area contributed by atoms with Crippen molar-refractivity contribution in [2.45, 2.75) is 20.4 Å².